The van der Waals surface area contributed by atoms with E-state index in [9.17, 15) is 0 Å². The molecule has 0 atom stereocenters. The second-order valence-electron chi connectivity index (χ2n) is 4.86. The molecule has 0 aliphatic heterocycles. The third-order valence-electron chi connectivity index (χ3n) is 2.69. The lowest BCUT2D eigenvalue weighted by atomic mass is 10.0. The molecule has 0 unspecified atom stereocenters. The van der Waals surface area contributed by atoms with Crippen LogP contribution >= 0.6 is 0 Å². The quantitative estimate of drug-likeness (QED) is 0.443. The molecule has 0 aliphatic carbocycles. The fraction of sp³-hybridized carbons (Fsp3) is 0.714. The summed E-state index contributed by atoms with van der Waals surface area (Å²) in [6.07, 6.45) is 6.68. The van der Waals surface area contributed by atoms with Gasteiger partial charge in [0.05, 0.1) is 11.4 Å². The molecule has 3 nitrogen and oxygen atoms in total. The Kier molecular flexibility index (Phi) is 8.60. The van der Waals surface area contributed by atoms with Crippen molar-refractivity contribution >= 4 is 11.4 Å². The Morgan fingerprint density at radius 3 is 2.18 bits per heavy atom. The minimum Gasteiger partial charge on any atom is -0.305 e. The zero-order chi connectivity index (χ0) is 13.3. The van der Waals surface area contributed by atoms with Gasteiger partial charge in [0.2, 0.25) is 0 Å². The SMILES string of the molecule is C=C(CN(C)C)C(=N)C(=N)CCCCCCC. The first kappa shape index (κ1) is 16.0. The van der Waals surface area contributed by atoms with E-state index in [0.29, 0.717) is 18.0 Å². The maximum Gasteiger partial charge on any atom is 0.0786 e. The summed E-state index contributed by atoms with van der Waals surface area (Å²) in [5.74, 6) is 0. The first-order chi connectivity index (χ1) is 7.99. The second-order valence-corrected chi connectivity index (χ2v) is 4.86. The summed E-state index contributed by atoms with van der Waals surface area (Å²) in [5, 5.41) is 15.7. The van der Waals surface area contributed by atoms with Crippen LogP contribution in [0.1, 0.15) is 45.4 Å². The Balaban J connectivity index is 3.82. The first-order valence-electron chi connectivity index (χ1n) is 6.48. The molecule has 0 aromatic rings. The molecular weight excluding hydrogens is 210 g/mol. The molecule has 0 aliphatic rings. The normalized spacial score (nSPS) is 10.6. The average Bonchev–Trinajstić information content (AvgIpc) is 2.26. The molecule has 0 rings (SSSR count). The molecule has 0 fully saturated rings. The van der Waals surface area contributed by atoms with E-state index in [0.717, 1.165) is 18.4 Å². The molecule has 0 heterocycles. The highest BCUT2D eigenvalue weighted by Gasteiger charge is 2.09. The third kappa shape index (κ3) is 7.86. The monoisotopic (exact) mass is 237 g/mol. The van der Waals surface area contributed by atoms with E-state index in [-0.39, 0.29) is 0 Å². The van der Waals surface area contributed by atoms with Crippen molar-refractivity contribution in [3.05, 3.63) is 12.2 Å². The lowest BCUT2D eigenvalue weighted by molar-refractivity contribution is 0.451. The molecule has 0 radical (unpaired) electrons. The molecule has 0 amide bonds. The topological polar surface area (TPSA) is 50.9 Å². The Labute approximate surface area is 106 Å². The summed E-state index contributed by atoms with van der Waals surface area (Å²) in [7, 11) is 3.90. The summed E-state index contributed by atoms with van der Waals surface area (Å²) >= 11 is 0. The average molecular weight is 237 g/mol. The third-order valence-corrected chi connectivity index (χ3v) is 2.69. The van der Waals surface area contributed by atoms with E-state index in [2.05, 4.69) is 13.5 Å². The van der Waals surface area contributed by atoms with Crippen LogP contribution in [0.25, 0.3) is 0 Å². The molecular formula is C14H27N3. The fourth-order valence-corrected chi connectivity index (χ4v) is 1.70. The number of hydrogen-bond acceptors (Lipinski definition) is 3. The molecule has 17 heavy (non-hydrogen) atoms. The van der Waals surface area contributed by atoms with Crippen LogP contribution < -0.4 is 0 Å². The van der Waals surface area contributed by atoms with Crippen molar-refractivity contribution in [1.82, 2.24) is 4.90 Å². The van der Waals surface area contributed by atoms with Crippen LogP contribution in [0.15, 0.2) is 12.2 Å². The van der Waals surface area contributed by atoms with Gasteiger partial charge >= 0.3 is 0 Å². The molecule has 98 valence electrons. The van der Waals surface area contributed by atoms with Crippen molar-refractivity contribution in [2.24, 2.45) is 0 Å². The van der Waals surface area contributed by atoms with Crippen LogP contribution in [-0.2, 0) is 0 Å². The van der Waals surface area contributed by atoms with Gasteiger partial charge in [0.15, 0.2) is 0 Å². The lowest BCUT2D eigenvalue weighted by Gasteiger charge is -2.13. The van der Waals surface area contributed by atoms with Gasteiger partial charge in [0.25, 0.3) is 0 Å². The molecule has 0 saturated heterocycles. The maximum atomic E-state index is 7.86. The van der Waals surface area contributed by atoms with Gasteiger partial charge in [0, 0.05) is 6.54 Å². The van der Waals surface area contributed by atoms with Crippen molar-refractivity contribution in [1.29, 1.82) is 10.8 Å². The van der Waals surface area contributed by atoms with Gasteiger partial charge in [-0.1, -0.05) is 39.2 Å². The summed E-state index contributed by atoms with van der Waals surface area (Å²) in [6, 6.07) is 0. The van der Waals surface area contributed by atoms with E-state index in [1.165, 1.54) is 25.7 Å². The van der Waals surface area contributed by atoms with Gasteiger partial charge in [-0.15, -0.1) is 0 Å². The molecule has 0 bridgehead atoms. The van der Waals surface area contributed by atoms with Crippen molar-refractivity contribution in [2.45, 2.75) is 45.4 Å². The largest absolute Gasteiger partial charge is 0.305 e. The van der Waals surface area contributed by atoms with Crippen molar-refractivity contribution in [2.75, 3.05) is 20.6 Å². The predicted octanol–water partition coefficient (Wildman–Crippen LogP) is 3.50. The maximum absolute atomic E-state index is 7.86. The Bertz CT molecular complexity index is 267. The number of hydrogen-bond donors (Lipinski definition) is 2. The molecule has 3 heteroatoms. The zero-order valence-corrected chi connectivity index (χ0v) is 11.6. The van der Waals surface area contributed by atoms with Crippen molar-refractivity contribution in [3.63, 3.8) is 0 Å². The van der Waals surface area contributed by atoms with E-state index in [4.69, 9.17) is 10.8 Å². The van der Waals surface area contributed by atoms with E-state index in [1.54, 1.807) is 0 Å². The number of unbranched alkanes of at least 4 members (excludes halogenated alkanes) is 4. The van der Waals surface area contributed by atoms with Gasteiger partial charge < -0.3 is 10.3 Å². The van der Waals surface area contributed by atoms with Crippen molar-refractivity contribution in [3.8, 4) is 0 Å². The van der Waals surface area contributed by atoms with Gasteiger partial charge in [0.1, 0.15) is 0 Å². The van der Waals surface area contributed by atoms with Crippen LogP contribution in [0.3, 0.4) is 0 Å². The zero-order valence-electron chi connectivity index (χ0n) is 11.6. The van der Waals surface area contributed by atoms with Crippen LogP contribution in [0, 0.1) is 10.8 Å². The predicted molar refractivity (Wildman–Crippen MR) is 76.5 cm³/mol. The summed E-state index contributed by atoms with van der Waals surface area (Å²) in [4.78, 5) is 1.98. The lowest BCUT2D eigenvalue weighted by Crippen LogP contribution is -2.23. The number of rotatable bonds is 10. The summed E-state index contributed by atoms with van der Waals surface area (Å²) in [5.41, 5.74) is 1.51. The van der Waals surface area contributed by atoms with Crippen LogP contribution in [0.2, 0.25) is 0 Å². The minimum atomic E-state index is 0.328. The highest BCUT2D eigenvalue weighted by atomic mass is 15.0. The van der Waals surface area contributed by atoms with Gasteiger partial charge in [-0.2, -0.15) is 0 Å². The Hall–Kier alpha value is -0.960. The van der Waals surface area contributed by atoms with E-state index < -0.39 is 0 Å². The highest BCUT2D eigenvalue weighted by molar-refractivity contribution is 6.46. The number of likely N-dealkylation sites (N-methyl/N-ethyl adjacent to an activating group) is 1. The number of nitrogens with zero attached hydrogens (tertiary/aromatic N) is 1. The molecule has 0 aromatic heterocycles. The van der Waals surface area contributed by atoms with Gasteiger partial charge in [-0.25, -0.2) is 0 Å². The Morgan fingerprint density at radius 1 is 1.06 bits per heavy atom. The highest BCUT2D eigenvalue weighted by Crippen LogP contribution is 2.07. The van der Waals surface area contributed by atoms with Crippen molar-refractivity contribution < 1.29 is 0 Å². The minimum absolute atomic E-state index is 0.328. The molecule has 0 aromatic carbocycles. The van der Waals surface area contributed by atoms with E-state index >= 15 is 0 Å². The fourth-order valence-electron chi connectivity index (χ4n) is 1.70. The standard InChI is InChI=1S/C14H27N3/c1-5-6-7-8-9-10-13(15)14(16)12(2)11-17(3)4/h15-16H,2,5-11H2,1,3-4H3. The smallest absolute Gasteiger partial charge is 0.0786 e. The van der Waals surface area contributed by atoms with Crippen LogP contribution in [0.5, 0.6) is 0 Å². The molecule has 2 N–H and O–H groups in total. The summed E-state index contributed by atoms with van der Waals surface area (Å²) < 4.78 is 0. The van der Waals surface area contributed by atoms with Gasteiger partial charge in [-0.05, 0) is 32.5 Å². The second kappa shape index (κ2) is 9.11. The van der Waals surface area contributed by atoms with E-state index in [1.807, 2.05) is 19.0 Å². The van der Waals surface area contributed by atoms with Crippen LogP contribution in [0.4, 0.5) is 0 Å². The molecule has 0 saturated carbocycles. The number of nitrogens with one attached hydrogen (secondary N) is 2. The Morgan fingerprint density at radius 2 is 1.65 bits per heavy atom. The van der Waals surface area contributed by atoms with Gasteiger partial charge in [-0.3, -0.25) is 5.41 Å². The van der Waals surface area contributed by atoms with Crippen LogP contribution in [-0.4, -0.2) is 37.0 Å². The first-order valence-corrected chi connectivity index (χ1v) is 6.48. The molecule has 0 spiro atoms. The summed E-state index contributed by atoms with van der Waals surface area (Å²) in [6.45, 7) is 6.73.